The summed E-state index contributed by atoms with van der Waals surface area (Å²) in [7, 11) is 0. The lowest BCUT2D eigenvalue weighted by Gasteiger charge is -2.14. The van der Waals surface area contributed by atoms with Gasteiger partial charge in [0.15, 0.2) is 10.9 Å². The third-order valence-corrected chi connectivity index (χ3v) is 4.31. The van der Waals surface area contributed by atoms with Crippen LogP contribution in [0, 0.1) is 6.92 Å². The van der Waals surface area contributed by atoms with Gasteiger partial charge in [0, 0.05) is 11.6 Å². The Labute approximate surface area is 145 Å². The predicted molar refractivity (Wildman–Crippen MR) is 97.2 cm³/mol. The van der Waals surface area contributed by atoms with Gasteiger partial charge < -0.3 is 15.7 Å². The molecule has 0 spiro atoms. The standard InChI is InChI=1S/C16H16Cl2N2OS/c1-10-12(17)9-13(15(21)14(10)18)20-16(22)19-8-7-11-5-3-2-4-6-11/h2-6,9,21H,7-8H2,1H3,(H2,19,20,22). The van der Waals surface area contributed by atoms with Crippen molar-refractivity contribution in [3.63, 3.8) is 0 Å². The molecule has 0 aliphatic carbocycles. The smallest absolute Gasteiger partial charge is 0.170 e. The molecule has 2 rings (SSSR count). The molecule has 0 fully saturated rings. The third kappa shape index (κ3) is 4.26. The van der Waals surface area contributed by atoms with Gasteiger partial charge in [-0.1, -0.05) is 53.5 Å². The molecular weight excluding hydrogens is 339 g/mol. The van der Waals surface area contributed by atoms with E-state index < -0.39 is 0 Å². The lowest BCUT2D eigenvalue weighted by Crippen LogP contribution is -2.30. The lowest BCUT2D eigenvalue weighted by atomic mass is 10.1. The van der Waals surface area contributed by atoms with Gasteiger partial charge >= 0.3 is 0 Å². The van der Waals surface area contributed by atoms with E-state index in [1.165, 1.54) is 5.56 Å². The molecule has 6 heteroatoms. The van der Waals surface area contributed by atoms with Crippen molar-refractivity contribution in [2.75, 3.05) is 11.9 Å². The topological polar surface area (TPSA) is 44.3 Å². The summed E-state index contributed by atoms with van der Waals surface area (Å²) in [6.07, 6.45) is 0.851. The van der Waals surface area contributed by atoms with Crippen molar-refractivity contribution in [2.24, 2.45) is 0 Å². The Bertz CT molecular complexity index is 678. The molecular formula is C16H16Cl2N2OS. The number of phenols is 1. The second kappa shape index (κ2) is 7.68. The monoisotopic (exact) mass is 354 g/mol. The van der Waals surface area contributed by atoms with Gasteiger partial charge in [-0.25, -0.2) is 0 Å². The zero-order chi connectivity index (χ0) is 16.1. The van der Waals surface area contributed by atoms with Crippen molar-refractivity contribution in [3.05, 3.63) is 57.6 Å². The van der Waals surface area contributed by atoms with Gasteiger partial charge in [0.25, 0.3) is 0 Å². The molecule has 2 aromatic rings. The summed E-state index contributed by atoms with van der Waals surface area (Å²) in [5.41, 5.74) is 2.24. The highest BCUT2D eigenvalue weighted by Gasteiger charge is 2.13. The highest BCUT2D eigenvalue weighted by atomic mass is 35.5. The summed E-state index contributed by atoms with van der Waals surface area (Å²) < 4.78 is 0. The maximum atomic E-state index is 10.0. The van der Waals surface area contributed by atoms with Crippen LogP contribution in [0.15, 0.2) is 36.4 Å². The van der Waals surface area contributed by atoms with E-state index in [0.717, 1.165) is 6.42 Å². The predicted octanol–water partition coefficient (Wildman–Crippen LogP) is 4.54. The summed E-state index contributed by atoms with van der Waals surface area (Å²) in [6, 6.07) is 11.7. The van der Waals surface area contributed by atoms with Crippen LogP contribution in [-0.2, 0) is 6.42 Å². The van der Waals surface area contributed by atoms with E-state index in [4.69, 9.17) is 35.4 Å². The van der Waals surface area contributed by atoms with E-state index in [0.29, 0.717) is 27.9 Å². The Morgan fingerprint density at radius 1 is 1.23 bits per heavy atom. The van der Waals surface area contributed by atoms with Crippen LogP contribution in [0.25, 0.3) is 0 Å². The van der Waals surface area contributed by atoms with Gasteiger partial charge in [0.05, 0.1) is 10.7 Å². The number of rotatable bonds is 4. The number of thiocarbonyl (C=S) groups is 1. The van der Waals surface area contributed by atoms with E-state index in [1.54, 1.807) is 13.0 Å². The van der Waals surface area contributed by atoms with Crippen molar-refractivity contribution in [3.8, 4) is 5.75 Å². The Balaban J connectivity index is 1.92. The average molecular weight is 355 g/mol. The molecule has 0 radical (unpaired) electrons. The molecule has 0 aromatic heterocycles. The van der Waals surface area contributed by atoms with Gasteiger partial charge in [0.2, 0.25) is 0 Å². The van der Waals surface area contributed by atoms with Crippen molar-refractivity contribution >= 4 is 46.2 Å². The molecule has 0 amide bonds. The average Bonchev–Trinajstić information content (AvgIpc) is 2.51. The molecule has 0 aliphatic heterocycles. The molecule has 22 heavy (non-hydrogen) atoms. The summed E-state index contributed by atoms with van der Waals surface area (Å²) in [6.45, 7) is 2.43. The van der Waals surface area contributed by atoms with Crippen molar-refractivity contribution in [2.45, 2.75) is 13.3 Å². The normalized spacial score (nSPS) is 10.3. The maximum absolute atomic E-state index is 10.0. The van der Waals surface area contributed by atoms with Crippen LogP contribution in [0.2, 0.25) is 10.0 Å². The SMILES string of the molecule is Cc1c(Cl)cc(NC(=S)NCCc2ccccc2)c(O)c1Cl. The Morgan fingerprint density at radius 2 is 1.91 bits per heavy atom. The molecule has 0 aliphatic rings. The first kappa shape index (κ1) is 16.9. The van der Waals surface area contributed by atoms with Gasteiger partial charge in [-0.15, -0.1) is 0 Å². The molecule has 0 unspecified atom stereocenters. The number of hydrogen-bond acceptors (Lipinski definition) is 2. The maximum Gasteiger partial charge on any atom is 0.170 e. The van der Waals surface area contributed by atoms with E-state index in [1.807, 2.05) is 18.2 Å². The molecule has 0 saturated carbocycles. The molecule has 0 atom stereocenters. The third-order valence-electron chi connectivity index (χ3n) is 3.21. The quantitative estimate of drug-likeness (QED) is 0.557. The van der Waals surface area contributed by atoms with Gasteiger partial charge in [-0.2, -0.15) is 0 Å². The van der Waals surface area contributed by atoms with Crippen molar-refractivity contribution < 1.29 is 5.11 Å². The van der Waals surface area contributed by atoms with Gasteiger partial charge in [0.1, 0.15) is 0 Å². The largest absolute Gasteiger partial charge is 0.504 e. The van der Waals surface area contributed by atoms with Crippen LogP contribution in [0.4, 0.5) is 5.69 Å². The highest BCUT2D eigenvalue weighted by Crippen LogP contribution is 2.38. The molecule has 0 bridgehead atoms. The van der Waals surface area contributed by atoms with E-state index >= 15 is 0 Å². The van der Waals surface area contributed by atoms with Gasteiger partial charge in [-0.05, 0) is 42.8 Å². The summed E-state index contributed by atoms with van der Waals surface area (Å²) >= 11 is 17.3. The van der Waals surface area contributed by atoms with Crippen LogP contribution in [0.1, 0.15) is 11.1 Å². The Kier molecular flexibility index (Phi) is 5.89. The fourth-order valence-corrected chi connectivity index (χ4v) is 2.60. The fraction of sp³-hybridized carbons (Fsp3) is 0.188. The molecule has 3 nitrogen and oxygen atoms in total. The summed E-state index contributed by atoms with van der Waals surface area (Å²) in [5.74, 6) is -0.0595. The second-order valence-corrected chi connectivity index (χ2v) is 6.00. The number of nitrogens with one attached hydrogen (secondary N) is 2. The Morgan fingerprint density at radius 3 is 2.59 bits per heavy atom. The first-order valence-electron chi connectivity index (χ1n) is 6.75. The van der Waals surface area contributed by atoms with Crippen LogP contribution >= 0.6 is 35.4 Å². The molecule has 0 heterocycles. The number of anilines is 1. The number of phenolic OH excluding ortho intramolecular Hbond substituents is 1. The first-order chi connectivity index (χ1) is 10.5. The van der Waals surface area contributed by atoms with E-state index in [-0.39, 0.29) is 10.8 Å². The number of benzene rings is 2. The molecule has 2 aromatic carbocycles. The Hall–Kier alpha value is -1.49. The minimum absolute atomic E-state index is 0.0595. The van der Waals surface area contributed by atoms with Crippen LogP contribution in [-0.4, -0.2) is 16.8 Å². The zero-order valence-electron chi connectivity index (χ0n) is 12.0. The second-order valence-electron chi connectivity index (χ2n) is 4.81. The number of halogens is 2. The molecule has 3 N–H and O–H groups in total. The van der Waals surface area contributed by atoms with Crippen molar-refractivity contribution in [1.82, 2.24) is 5.32 Å². The summed E-state index contributed by atoms with van der Waals surface area (Å²) in [5, 5.41) is 17.1. The molecule has 116 valence electrons. The summed E-state index contributed by atoms with van der Waals surface area (Å²) in [4.78, 5) is 0. The van der Waals surface area contributed by atoms with Crippen LogP contribution in [0.5, 0.6) is 5.75 Å². The molecule has 0 saturated heterocycles. The first-order valence-corrected chi connectivity index (χ1v) is 7.92. The van der Waals surface area contributed by atoms with E-state index in [9.17, 15) is 5.11 Å². The fourth-order valence-electron chi connectivity index (χ4n) is 1.93. The minimum Gasteiger partial charge on any atom is -0.504 e. The zero-order valence-corrected chi connectivity index (χ0v) is 14.3. The lowest BCUT2D eigenvalue weighted by molar-refractivity contribution is 0.477. The number of aromatic hydroxyl groups is 1. The minimum atomic E-state index is -0.0595. The number of hydrogen-bond donors (Lipinski definition) is 3. The van der Waals surface area contributed by atoms with Crippen LogP contribution in [0.3, 0.4) is 0 Å². The van der Waals surface area contributed by atoms with Crippen molar-refractivity contribution in [1.29, 1.82) is 0 Å². The van der Waals surface area contributed by atoms with Gasteiger partial charge in [-0.3, -0.25) is 0 Å². The van der Waals surface area contributed by atoms with Crippen LogP contribution < -0.4 is 10.6 Å². The highest BCUT2D eigenvalue weighted by molar-refractivity contribution is 7.80. The van der Waals surface area contributed by atoms with E-state index in [2.05, 4.69) is 22.8 Å².